The molecule has 1 saturated heterocycles. The van der Waals surface area contributed by atoms with Crippen molar-refractivity contribution in [3.63, 3.8) is 0 Å². The van der Waals surface area contributed by atoms with Gasteiger partial charge < -0.3 is 19.7 Å². The number of carbonyl (C=O) groups excluding carboxylic acids is 2. The van der Waals surface area contributed by atoms with Crippen LogP contribution in [0.25, 0.3) is 0 Å². The van der Waals surface area contributed by atoms with Crippen LogP contribution in [0.5, 0.6) is 11.5 Å². The van der Waals surface area contributed by atoms with Crippen molar-refractivity contribution in [3.05, 3.63) is 23.8 Å². The third-order valence-corrected chi connectivity index (χ3v) is 4.35. The molecule has 120 valence electrons. The Bertz CT molecular complexity index is 564. The van der Waals surface area contributed by atoms with E-state index < -0.39 is 0 Å². The van der Waals surface area contributed by atoms with Crippen LogP contribution in [0.4, 0.5) is 4.79 Å². The van der Waals surface area contributed by atoms with Gasteiger partial charge in [0.25, 0.3) is 5.24 Å². The first-order chi connectivity index (χ1) is 10.5. The number of hydrogen-bond acceptors (Lipinski definition) is 5. The number of carbonyl (C=O) groups is 2. The summed E-state index contributed by atoms with van der Waals surface area (Å²) in [5.74, 6) is 1.93. The van der Waals surface area contributed by atoms with Gasteiger partial charge in [0.1, 0.15) is 18.0 Å². The molecule has 0 spiro atoms. The van der Waals surface area contributed by atoms with E-state index in [0.29, 0.717) is 18.0 Å². The quantitative estimate of drug-likeness (QED) is 0.867. The van der Waals surface area contributed by atoms with E-state index in [1.165, 1.54) is 11.8 Å². The molecule has 1 aromatic rings. The van der Waals surface area contributed by atoms with Gasteiger partial charge in [-0.05, 0) is 25.1 Å². The molecule has 1 aromatic carbocycles. The summed E-state index contributed by atoms with van der Waals surface area (Å²) in [4.78, 5) is 25.2. The number of nitrogens with zero attached hydrogens (tertiary/aromatic N) is 1. The van der Waals surface area contributed by atoms with E-state index in [9.17, 15) is 9.59 Å². The number of thioether (sulfide) groups is 1. The lowest BCUT2D eigenvalue weighted by Gasteiger charge is -2.20. The predicted octanol–water partition coefficient (Wildman–Crippen LogP) is 2.05. The Balaban J connectivity index is 2.03. The zero-order valence-corrected chi connectivity index (χ0v) is 13.7. The van der Waals surface area contributed by atoms with E-state index in [1.807, 2.05) is 13.0 Å². The Morgan fingerprint density at radius 3 is 2.77 bits per heavy atom. The van der Waals surface area contributed by atoms with Crippen LogP contribution in [0.2, 0.25) is 0 Å². The third kappa shape index (κ3) is 3.85. The van der Waals surface area contributed by atoms with Gasteiger partial charge >= 0.3 is 0 Å². The Morgan fingerprint density at radius 1 is 1.41 bits per heavy atom. The van der Waals surface area contributed by atoms with Gasteiger partial charge in [-0.1, -0.05) is 11.8 Å². The lowest BCUT2D eigenvalue weighted by molar-refractivity contribution is -0.122. The molecular weight excluding hydrogens is 304 g/mol. The van der Waals surface area contributed by atoms with Gasteiger partial charge in [0.15, 0.2) is 0 Å². The highest BCUT2D eigenvalue weighted by Crippen LogP contribution is 2.29. The molecule has 6 nitrogen and oxygen atoms in total. The number of methoxy groups -OCH3 is 2. The first-order valence-electron chi connectivity index (χ1n) is 6.98. The molecule has 0 aliphatic carbocycles. The molecule has 1 atom stereocenters. The van der Waals surface area contributed by atoms with Crippen LogP contribution < -0.4 is 14.8 Å². The molecule has 1 N–H and O–H groups in total. The van der Waals surface area contributed by atoms with E-state index in [2.05, 4.69) is 5.32 Å². The van der Waals surface area contributed by atoms with Crippen LogP contribution in [0.1, 0.15) is 18.5 Å². The van der Waals surface area contributed by atoms with Crippen molar-refractivity contribution < 1.29 is 19.1 Å². The molecule has 0 unspecified atom stereocenters. The SMILES string of the molecule is COc1ccc(OC)c([C@H](C)NC(=O)CN2CCSC2=O)c1. The molecule has 0 radical (unpaired) electrons. The maximum absolute atomic E-state index is 12.1. The average molecular weight is 324 g/mol. The van der Waals surface area contributed by atoms with Gasteiger partial charge in [-0.2, -0.15) is 0 Å². The fourth-order valence-corrected chi connectivity index (χ4v) is 3.11. The molecule has 1 aliphatic rings. The second kappa shape index (κ2) is 7.40. The molecule has 0 saturated carbocycles. The fraction of sp³-hybridized carbons (Fsp3) is 0.467. The van der Waals surface area contributed by atoms with E-state index >= 15 is 0 Å². The summed E-state index contributed by atoms with van der Waals surface area (Å²) < 4.78 is 10.5. The summed E-state index contributed by atoms with van der Waals surface area (Å²) in [6, 6.07) is 5.19. The van der Waals surface area contributed by atoms with Crippen LogP contribution in [0, 0.1) is 0 Å². The third-order valence-electron chi connectivity index (χ3n) is 3.46. The molecule has 2 rings (SSSR count). The van der Waals surface area contributed by atoms with Crippen LogP contribution in [-0.2, 0) is 4.79 Å². The normalized spacial score (nSPS) is 15.6. The molecule has 0 aromatic heterocycles. The zero-order valence-electron chi connectivity index (χ0n) is 12.9. The van der Waals surface area contributed by atoms with E-state index in [1.54, 1.807) is 31.3 Å². The minimum atomic E-state index is -0.247. The summed E-state index contributed by atoms with van der Waals surface area (Å²) in [6.45, 7) is 2.58. The molecule has 0 bridgehead atoms. The van der Waals surface area contributed by atoms with Crippen molar-refractivity contribution in [3.8, 4) is 11.5 Å². The van der Waals surface area contributed by atoms with Crippen LogP contribution >= 0.6 is 11.8 Å². The highest BCUT2D eigenvalue weighted by atomic mass is 32.2. The van der Waals surface area contributed by atoms with Gasteiger partial charge in [-0.15, -0.1) is 0 Å². The van der Waals surface area contributed by atoms with Gasteiger partial charge in [0.2, 0.25) is 5.91 Å². The smallest absolute Gasteiger partial charge is 0.282 e. The Hall–Kier alpha value is -1.89. The lowest BCUT2D eigenvalue weighted by atomic mass is 10.1. The molecule has 1 fully saturated rings. The summed E-state index contributed by atoms with van der Waals surface area (Å²) in [5, 5.41) is 2.85. The number of nitrogens with one attached hydrogen (secondary N) is 1. The van der Waals surface area contributed by atoms with Gasteiger partial charge in [-0.3, -0.25) is 9.59 Å². The highest BCUT2D eigenvalue weighted by molar-refractivity contribution is 8.13. The molecule has 7 heteroatoms. The van der Waals surface area contributed by atoms with Crippen molar-refractivity contribution >= 4 is 22.9 Å². The average Bonchev–Trinajstić information content (AvgIpc) is 2.91. The summed E-state index contributed by atoms with van der Waals surface area (Å²) in [7, 11) is 3.17. The Kier molecular flexibility index (Phi) is 5.54. The van der Waals surface area contributed by atoms with E-state index in [-0.39, 0.29) is 23.7 Å². The number of hydrogen-bond donors (Lipinski definition) is 1. The standard InChI is InChI=1S/C15H20N2O4S/c1-10(12-8-11(20-2)4-5-13(12)21-3)16-14(18)9-17-6-7-22-15(17)19/h4-5,8,10H,6-7,9H2,1-3H3,(H,16,18)/t10-/m0/s1. The van der Waals surface area contributed by atoms with Crippen LogP contribution in [0.3, 0.4) is 0 Å². The predicted molar refractivity (Wildman–Crippen MR) is 85.5 cm³/mol. The van der Waals surface area contributed by atoms with Crippen LogP contribution in [0.15, 0.2) is 18.2 Å². The van der Waals surface area contributed by atoms with Crippen molar-refractivity contribution in [2.24, 2.45) is 0 Å². The molecular formula is C15H20N2O4S. The van der Waals surface area contributed by atoms with Crippen LogP contribution in [-0.4, -0.2) is 49.1 Å². The fourth-order valence-electron chi connectivity index (χ4n) is 2.29. The Labute approximate surface area is 134 Å². The Morgan fingerprint density at radius 2 is 2.18 bits per heavy atom. The second-order valence-electron chi connectivity index (χ2n) is 4.93. The van der Waals surface area contributed by atoms with Crippen molar-refractivity contribution in [2.75, 3.05) is 33.1 Å². The molecule has 2 amide bonds. The minimum absolute atomic E-state index is 0.0400. The first-order valence-corrected chi connectivity index (χ1v) is 7.96. The monoisotopic (exact) mass is 324 g/mol. The minimum Gasteiger partial charge on any atom is -0.497 e. The van der Waals surface area contributed by atoms with Gasteiger partial charge in [-0.25, -0.2) is 0 Å². The second-order valence-corrected chi connectivity index (χ2v) is 5.98. The summed E-state index contributed by atoms with van der Waals surface area (Å²) in [6.07, 6.45) is 0. The highest BCUT2D eigenvalue weighted by Gasteiger charge is 2.24. The lowest BCUT2D eigenvalue weighted by Crippen LogP contribution is -2.38. The van der Waals surface area contributed by atoms with E-state index in [0.717, 1.165) is 11.3 Å². The number of ether oxygens (including phenoxy) is 2. The number of benzene rings is 1. The number of rotatable bonds is 6. The maximum Gasteiger partial charge on any atom is 0.282 e. The topological polar surface area (TPSA) is 67.9 Å². The van der Waals surface area contributed by atoms with Gasteiger partial charge in [0.05, 0.1) is 20.3 Å². The van der Waals surface area contributed by atoms with Crippen molar-refractivity contribution in [1.29, 1.82) is 0 Å². The van der Waals surface area contributed by atoms with E-state index in [4.69, 9.17) is 9.47 Å². The van der Waals surface area contributed by atoms with Gasteiger partial charge in [0, 0.05) is 17.9 Å². The zero-order chi connectivity index (χ0) is 16.1. The molecule has 22 heavy (non-hydrogen) atoms. The molecule has 1 aliphatic heterocycles. The summed E-state index contributed by atoms with van der Waals surface area (Å²) >= 11 is 1.24. The molecule has 1 heterocycles. The van der Waals surface area contributed by atoms with Crippen molar-refractivity contribution in [2.45, 2.75) is 13.0 Å². The summed E-state index contributed by atoms with van der Waals surface area (Å²) in [5.41, 5.74) is 0.831. The maximum atomic E-state index is 12.1. The number of amides is 2. The van der Waals surface area contributed by atoms with Crippen molar-refractivity contribution in [1.82, 2.24) is 10.2 Å². The first kappa shape index (κ1) is 16.5. The largest absolute Gasteiger partial charge is 0.497 e.